The Morgan fingerprint density at radius 3 is 1.85 bits per heavy atom. The molecule has 0 amide bonds. The van der Waals surface area contributed by atoms with Gasteiger partial charge in [0.1, 0.15) is 0 Å². The molecule has 0 aliphatic heterocycles. The molecule has 5 heteroatoms. The Balaban J connectivity index is 1.28. The standard InChI is InChI=1S/C43H26N4S/c1-3-13-28(14-4-1)41-44-42(29-15-5-2-6-16-29)46-43(45-41)47-36-21-10-9-18-33(36)34-20-11-19-32(40(34)47)30-23-24-37-35(26-30)39-31-17-8-7-12-27(31)22-25-38(39)48-37/h1-26H. The number of benzene rings is 7. The van der Waals surface area contributed by atoms with Crippen LogP contribution < -0.4 is 0 Å². The van der Waals surface area contributed by atoms with E-state index in [1.54, 1.807) is 0 Å². The quantitative estimate of drug-likeness (QED) is 0.194. The first-order valence-electron chi connectivity index (χ1n) is 16.0. The topological polar surface area (TPSA) is 43.6 Å². The molecule has 0 saturated heterocycles. The van der Waals surface area contributed by atoms with Crippen molar-refractivity contribution in [2.24, 2.45) is 0 Å². The van der Waals surface area contributed by atoms with Gasteiger partial charge < -0.3 is 0 Å². The van der Waals surface area contributed by atoms with Crippen molar-refractivity contribution < 1.29 is 0 Å². The van der Waals surface area contributed by atoms with Crippen molar-refractivity contribution >= 4 is 64.1 Å². The molecule has 7 aromatic carbocycles. The minimum Gasteiger partial charge on any atom is -0.277 e. The normalized spacial score (nSPS) is 11.8. The van der Waals surface area contributed by atoms with Crippen LogP contribution in [0.4, 0.5) is 0 Å². The van der Waals surface area contributed by atoms with Crippen LogP contribution in [0.2, 0.25) is 0 Å². The largest absolute Gasteiger partial charge is 0.277 e. The predicted octanol–water partition coefficient (Wildman–Crippen LogP) is 11.5. The molecular weight excluding hydrogens is 605 g/mol. The summed E-state index contributed by atoms with van der Waals surface area (Å²) in [4.78, 5) is 15.3. The maximum Gasteiger partial charge on any atom is 0.238 e. The van der Waals surface area contributed by atoms with Crippen LogP contribution in [0.5, 0.6) is 0 Å². The molecule has 0 radical (unpaired) electrons. The number of nitrogens with zero attached hydrogens (tertiary/aromatic N) is 4. The molecular formula is C43H26N4S. The van der Waals surface area contributed by atoms with E-state index in [4.69, 9.17) is 15.0 Å². The van der Waals surface area contributed by atoms with E-state index in [9.17, 15) is 0 Å². The van der Waals surface area contributed by atoms with Crippen LogP contribution >= 0.6 is 11.3 Å². The second-order valence-corrected chi connectivity index (χ2v) is 13.1. The molecule has 0 aliphatic carbocycles. The van der Waals surface area contributed by atoms with Gasteiger partial charge in [0.05, 0.1) is 11.0 Å². The number of rotatable bonds is 4. The van der Waals surface area contributed by atoms with Crippen molar-refractivity contribution in [2.75, 3.05) is 0 Å². The summed E-state index contributed by atoms with van der Waals surface area (Å²) >= 11 is 1.85. The third-order valence-corrected chi connectivity index (χ3v) is 10.4. The van der Waals surface area contributed by atoms with Gasteiger partial charge in [0.2, 0.25) is 5.95 Å². The van der Waals surface area contributed by atoms with Crippen LogP contribution in [0.1, 0.15) is 0 Å². The van der Waals surface area contributed by atoms with E-state index in [-0.39, 0.29) is 0 Å². The number of thiophene rings is 1. The molecule has 0 unspecified atom stereocenters. The molecule has 3 aromatic heterocycles. The van der Waals surface area contributed by atoms with Gasteiger partial charge in [-0.05, 0) is 40.6 Å². The molecule has 3 heterocycles. The van der Waals surface area contributed by atoms with E-state index in [0.717, 1.165) is 44.1 Å². The fourth-order valence-corrected chi connectivity index (χ4v) is 8.17. The zero-order valence-corrected chi connectivity index (χ0v) is 26.5. The Kier molecular flexibility index (Phi) is 6.01. The zero-order chi connectivity index (χ0) is 31.6. The van der Waals surface area contributed by atoms with Gasteiger partial charge in [-0.2, -0.15) is 9.97 Å². The molecule has 0 bridgehead atoms. The third-order valence-electron chi connectivity index (χ3n) is 9.25. The number of aromatic nitrogens is 4. The first-order valence-corrected chi connectivity index (χ1v) is 16.9. The van der Waals surface area contributed by atoms with Crippen molar-refractivity contribution in [3.8, 4) is 39.9 Å². The summed E-state index contributed by atoms with van der Waals surface area (Å²) in [6.07, 6.45) is 0. The van der Waals surface area contributed by atoms with Gasteiger partial charge in [-0.15, -0.1) is 11.3 Å². The first-order chi connectivity index (χ1) is 23.8. The molecule has 4 nitrogen and oxygen atoms in total. The molecule has 0 N–H and O–H groups in total. The Hall–Kier alpha value is -6.17. The van der Waals surface area contributed by atoms with Crippen molar-refractivity contribution in [1.82, 2.24) is 19.5 Å². The van der Waals surface area contributed by atoms with Gasteiger partial charge in [0, 0.05) is 47.6 Å². The van der Waals surface area contributed by atoms with Crippen LogP contribution in [0.25, 0.3) is 92.6 Å². The minimum absolute atomic E-state index is 0.592. The van der Waals surface area contributed by atoms with E-state index in [2.05, 4.69) is 126 Å². The van der Waals surface area contributed by atoms with Crippen molar-refractivity contribution in [3.05, 3.63) is 158 Å². The van der Waals surface area contributed by atoms with E-state index >= 15 is 0 Å². The van der Waals surface area contributed by atoms with Gasteiger partial charge in [0.15, 0.2) is 11.6 Å². The average Bonchev–Trinajstić information content (AvgIpc) is 3.71. The Bertz CT molecular complexity index is 2780. The summed E-state index contributed by atoms with van der Waals surface area (Å²) in [6.45, 7) is 0. The summed E-state index contributed by atoms with van der Waals surface area (Å²) in [7, 11) is 0. The minimum atomic E-state index is 0.592. The van der Waals surface area contributed by atoms with Gasteiger partial charge in [0.25, 0.3) is 0 Å². The lowest BCUT2D eigenvalue weighted by atomic mass is 9.98. The van der Waals surface area contributed by atoms with Crippen molar-refractivity contribution in [3.63, 3.8) is 0 Å². The van der Waals surface area contributed by atoms with E-state index in [1.165, 1.54) is 30.9 Å². The zero-order valence-electron chi connectivity index (χ0n) is 25.7. The Labute approximate surface area is 280 Å². The second-order valence-electron chi connectivity index (χ2n) is 12.0. The summed E-state index contributed by atoms with van der Waals surface area (Å²) in [5, 5.41) is 7.47. The van der Waals surface area contributed by atoms with Crippen molar-refractivity contribution in [1.29, 1.82) is 0 Å². The number of hydrogen-bond donors (Lipinski definition) is 0. The SMILES string of the molecule is c1ccc(-c2nc(-c3ccccc3)nc(-n3c4ccccc4c4cccc(-c5ccc6sc7ccc8ccccc8c7c6c5)c43)n2)cc1. The third kappa shape index (κ3) is 4.18. The maximum absolute atomic E-state index is 5.17. The van der Waals surface area contributed by atoms with Gasteiger partial charge in [-0.3, -0.25) is 4.57 Å². The lowest BCUT2D eigenvalue weighted by Gasteiger charge is -2.13. The fourth-order valence-electron chi connectivity index (χ4n) is 7.07. The summed E-state index contributed by atoms with van der Waals surface area (Å²) in [6, 6.07) is 55.5. The molecule has 10 aromatic rings. The monoisotopic (exact) mass is 630 g/mol. The van der Waals surface area contributed by atoms with Crippen LogP contribution in [0.15, 0.2) is 158 Å². The van der Waals surface area contributed by atoms with Crippen LogP contribution in [-0.2, 0) is 0 Å². The highest BCUT2D eigenvalue weighted by atomic mass is 32.1. The molecule has 0 fully saturated rings. The van der Waals surface area contributed by atoms with Crippen LogP contribution in [-0.4, -0.2) is 19.5 Å². The lowest BCUT2D eigenvalue weighted by Crippen LogP contribution is -2.06. The number of fused-ring (bicyclic) bond motifs is 8. The fraction of sp³-hybridized carbons (Fsp3) is 0. The highest BCUT2D eigenvalue weighted by Gasteiger charge is 2.21. The van der Waals surface area contributed by atoms with Gasteiger partial charge in [-0.1, -0.05) is 133 Å². The maximum atomic E-state index is 5.17. The van der Waals surface area contributed by atoms with Crippen molar-refractivity contribution in [2.45, 2.75) is 0 Å². The molecule has 0 spiro atoms. The summed E-state index contributed by atoms with van der Waals surface area (Å²) in [5.41, 5.74) is 6.31. The molecule has 0 saturated carbocycles. The van der Waals surface area contributed by atoms with E-state index in [1.807, 2.05) is 47.7 Å². The smallest absolute Gasteiger partial charge is 0.238 e. The lowest BCUT2D eigenvalue weighted by molar-refractivity contribution is 0.954. The highest BCUT2D eigenvalue weighted by Crippen LogP contribution is 2.43. The predicted molar refractivity (Wildman–Crippen MR) is 201 cm³/mol. The molecule has 48 heavy (non-hydrogen) atoms. The average molecular weight is 631 g/mol. The Morgan fingerprint density at radius 2 is 1.08 bits per heavy atom. The summed E-state index contributed by atoms with van der Waals surface area (Å²) < 4.78 is 4.82. The van der Waals surface area contributed by atoms with E-state index in [0.29, 0.717) is 17.6 Å². The molecule has 10 rings (SSSR count). The highest BCUT2D eigenvalue weighted by molar-refractivity contribution is 7.26. The van der Waals surface area contributed by atoms with Gasteiger partial charge in [-0.25, -0.2) is 4.98 Å². The molecule has 224 valence electrons. The molecule has 0 atom stereocenters. The number of hydrogen-bond acceptors (Lipinski definition) is 4. The second kappa shape index (κ2) is 10.7. The molecule has 0 aliphatic rings. The van der Waals surface area contributed by atoms with Crippen LogP contribution in [0, 0.1) is 0 Å². The van der Waals surface area contributed by atoms with Crippen LogP contribution in [0.3, 0.4) is 0 Å². The summed E-state index contributed by atoms with van der Waals surface area (Å²) in [5.74, 6) is 1.87. The first kappa shape index (κ1) is 27.0. The number of para-hydroxylation sites is 2. The van der Waals surface area contributed by atoms with Gasteiger partial charge >= 0.3 is 0 Å². The Morgan fingerprint density at radius 1 is 0.438 bits per heavy atom. The van der Waals surface area contributed by atoms with E-state index < -0.39 is 0 Å².